The first-order valence-corrected chi connectivity index (χ1v) is 7.04. The molecular weight excluding hydrogens is 255 g/mol. The smallest absolute Gasteiger partial charge is 0.387 e. The lowest BCUT2D eigenvalue weighted by Crippen LogP contribution is -2.46. The monoisotopic (exact) mass is 277 g/mol. The summed E-state index contributed by atoms with van der Waals surface area (Å²) >= 11 is 0. The number of nitrogens with one attached hydrogen (secondary N) is 1. The summed E-state index contributed by atoms with van der Waals surface area (Å²) in [5, 5.41) is 7.18. The molecule has 0 radical (unpaired) electrons. The average Bonchev–Trinajstić information content (AvgIpc) is 2.94. The van der Waals surface area contributed by atoms with Gasteiger partial charge >= 0.3 is 6.18 Å². The van der Waals surface area contributed by atoms with Crippen LogP contribution in [0.1, 0.15) is 38.5 Å². The molecule has 0 amide bonds. The van der Waals surface area contributed by atoms with Gasteiger partial charge in [0.1, 0.15) is 11.8 Å². The molecule has 2 aliphatic rings. The molecule has 0 aromatic rings. The van der Waals surface area contributed by atoms with Crippen molar-refractivity contribution >= 4 is 5.84 Å². The molecule has 2 rings (SSSR count). The van der Waals surface area contributed by atoms with Crippen molar-refractivity contribution in [3.63, 3.8) is 0 Å². The van der Waals surface area contributed by atoms with Crippen molar-refractivity contribution in [1.29, 1.82) is 5.41 Å². The molecule has 6 heteroatoms. The van der Waals surface area contributed by atoms with Crippen molar-refractivity contribution in [2.75, 3.05) is 13.1 Å². The van der Waals surface area contributed by atoms with Gasteiger partial charge in [0.25, 0.3) is 0 Å². The maximum absolute atomic E-state index is 12.9. The summed E-state index contributed by atoms with van der Waals surface area (Å²) < 4.78 is 38.6. The molecule has 3 nitrogen and oxygen atoms in total. The van der Waals surface area contributed by atoms with Crippen LogP contribution in [-0.4, -0.2) is 36.0 Å². The Bertz CT molecular complexity index is 324. The molecule has 2 fully saturated rings. The maximum atomic E-state index is 12.9. The topological polar surface area (TPSA) is 53.1 Å². The Balaban J connectivity index is 2.01. The Labute approximate surface area is 111 Å². The lowest BCUT2D eigenvalue weighted by atomic mass is 9.95. The summed E-state index contributed by atoms with van der Waals surface area (Å²) in [5.41, 5.74) is 5.14. The molecule has 110 valence electrons. The van der Waals surface area contributed by atoms with Gasteiger partial charge in [-0.1, -0.05) is 12.8 Å². The lowest BCUT2D eigenvalue weighted by Gasteiger charge is -2.32. The van der Waals surface area contributed by atoms with E-state index in [0.717, 1.165) is 25.7 Å². The van der Waals surface area contributed by atoms with Gasteiger partial charge < -0.3 is 5.73 Å². The van der Waals surface area contributed by atoms with Gasteiger partial charge in [0.15, 0.2) is 0 Å². The highest BCUT2D eigenvalue weighted by Gasteiger charge is 2.45. The molecule has 0 spiro atoms. The van der Waals surface area contributed by atoms with E-state index in [9.17, 15) is 13.2 Å². The van der Waals surface area contributed by atoms with Crippen LogP contribution in [0.4, 0.5) is 13.2 Å². The van der Waals surface area contributed by atoms with Crippen molar-refractivity contribution in [3.8, 4) is 0 Å². The van der Waals surface area contributed by atoms with Crippen LogP contribution in [0.3, 0.4) is 0 Å². The Morgan fingerprint density at radius 2 is 1.84 bits per heavy atom. The first-order valence-electron chi connectivity index (χ1n) is 7.04. The Morgan fingerprint density at radius 1 is 1.21 bits per heavy atom. The van der Waals surface area contributed by atoms with E-state index in [1.807, 2.05) is 4.90 Å². The first-order chi connectivity index (χ1) is 8.89. The van der Waals surface area contributed by atoms with Crippen LogP contribution >= 0.6 is 0 Å². The number of hydrogen-bond donors (Lipinski definition) is 2. The van der Waals surface area contributed by atoms with Crippen molar-refractivity contribution < 1.29 is 13.2 Å². The van der Waals surface area contributed by atoms with E-state index in [4.69, 9.17) is 11.1 Å². The molecule has 1 heterocycles. The largest absolute Gasteiger partial charge is 0.399 e. The molecule has 3 N–H and O–H groups in total. The number of alkyl halides is 3. The van der Waals surface area contributed by atoms with E-state index in [1.165, 1.54) is 12.8 Å². The zero-order valence-electron chi connectivity index (χ0n) is 11.0. The van der Waals surface area contributed by atoms with E-state index in [-0.39, 0.29) is 12.6 Å². The number of rotatable bonds is 4. The molecule has 1 saturated heterocycles. The molecule has 1 aliphatic carbocycles. The zero-order valence-corrected chi connectivity index (χ0v) is 11.0. The second-order valence-corrected chi connectivity index (χ2v) is 5.80. The summed E-state index contributed by atoms with van der Waals surface area (Å²) in [6.45, 7) is 0.570. The van der Waals surface area contributed by atoms with Crippen molar-refractivity contribution in [2.45, 2.75) is 50.7 Å². The summed E-state index contributed by atoms with van der Waals surface area (Å²) in [4.78, 5) is 1.93. The van der Waals surface area contributed by atoms with Gasteiger partial charge in [-0.05, 0) is 38.1 Å². The Morgan fingerprint density at radius 3 is 2.37 bits per heavy atom. The standard InChI is InChI=1S/C13H22F3N3/c14-13(15,16)10(12(17)18)8-19-7-3-6-11(19)9-4-1-2-5-9/h9-11H,1-8H2,(H3,17,18). The number of likely N-dealkylation sites (tertiary alicyclic amines) is 1. The Kier molecular flexibility index (Phi) is 4.38. The van der Waals surface area contributed by atoms with E-state index in [2.05, 4.69) is 0 Å². The minimum absolute atomic E-state index is 0.139. The first kappa shape index (κ1) is 14.6. The second kappa shape index (κ2) is 5.69. The number of halogens is 3. The van der Waals surface area contributed by atoms with Gasteiger partial charge in [0.05, 0.1) is 0 Å². The number of nitrogens with two attached hydrogens (primary N) is 1. The summed E-state index contributed by atoms with van der Waals surface area (Å²) in [5.74, 6) is -2.03. The van der Waals surface area contributed by atoms with Crippen LogP contribution in [-0.2, 0) is 0 Å². The minimum Gasteiger partial charge on any atom is -0.387 e. The number of hydrogen-bond acceptors (Lipinski definition) is 2. The molecule has 2 atom stereocenters. The van der Waals surface area contributed by atoms with Crippen molar-refractivity contribution in [3.05, 3.63) is 0 Å². The highest BCUT2D eigenvalue weighted by Crippen LogP contribution is 2.37. The van der Waals surface area contributed by atoms with Crippen LogP contribution < -0.4 is 5.73 Å². The number of nitrogens with zero attached hydrogens (tertiary/aromatic N) is 1. The van der Waals surface area contributed by atoms with Gasteiger partial charge in [-0.15, -0.1) is 0 Å². The molecule has 0 bridgehead atoms. The molecule has 0 aromatic heterocycles. The third-order valence-electron chi connectivity index (χ3n) is 4.55. The predicted molar refractivity (Wildman–Crippen MR) is 68.0 cm³/mol. The van der Waals surface area contributed by atoms with Crippen molar-refractivity contribution in [1.82, 2.24) is 4.90 Å². The molecular formula is C13H22F3N3. The van der Waals surface area contributed by atoms with Gasteiger partial charge in [-0.2, -0.15) is 13.2 Å². The van der Waals surface area contributed by atoms with Crippen LogP contribution in [0.15, 0.2) is 0 Å². The quantitative estimate of drug-likeness (QED) is 0.613. The average molecular weight is 277 g/mol. The van der Waals surface area contributed by atoms with Crippen LogP contribution in [0.5, 0.6) is 0 Å². The van der Waals surface area contributed by atoms with Crippen LogP contribution in [0, 0.1) is 17.2 Å². The summed E-state index contributed by atoms with van der Waals surface area (Å²) in [6, 6.07) is 0.270. The van der Waals surface area contributed by atoms with Crippen LogP contribution in [0.25, 0.3) is 0 Å². The van der Waals surface area contributed by atoms with E-state index >= 15 is 0 Å². The SMILES string of the molecule is N=C(N)C(CN1CCCC1C1CCCC1)C(F)(F)F. The van der Waals surface area contributed by atoms with E-state index in [1.54, 1.807) is 0 Å². The van der Waals surface area contributed by atoms with E-state index in [0.29, 0.717) is 12.5 Å². The molecule has 1 saturated carbocycles. The normalized spacial score (nSPS) is 27.8. The lowest BCUT2D eigenvalue weighted by molar-refractivity contribution is -0.160. The van der Waals surface area contributed by atoms with Gasteiger partial charge in [0.2, 0.25) is 0 Å². The number of amidine groups is 1. The highest BCUT2D eigenvalue weighted by molar-refractivity contribution is 5.80. The second-order valence-electron chi connectivity index (χ2n) is 5.80. The van der Waals surface area contributed by atoms with Crippen molar-refractivity contribution in [2.24, 2.45) is 17.6 Å². The summed E-state index contributed by atoms with van der Waals surface area (Å²) in [7, 11) is 0. The molecule has 2 unspecified atom stereocenters. The fourth-order valence-corrected chi connectivity index (χ4v) is 3.57. The molecule has 1 aliphatic heterocycles. The predicted octanol–water partition coefficient (Wildman–Crippen LogP) is 2.76. The fraction of sp³-hybridized carbons (Fsp3) is 0.923. The fourth-order valence-electron chi connectivity index (χ4n) is 3.57. The third kappa shape index (κ3) is 3.41. The van der Waals surface area contributed by atoms with Crippen LogP contribution in [0.2, 0.25) is 0 Å². The summed E-state index contributed by atoms with van der Waals surface area (Å²) in [6.07, 6.45) is 2.22. The Hall–Kier alpha value is -0.780. The zero-order chi connectivity index (χ0) is 14.0. The maximum Gasteiger partial charge on any atom is 0.399 e. The molecule has 19 heavy (non-hydrogen) atoms. The minimum atomic E-state index is -4.41. The molecule has 0 aromatic carbocycles. The van der Waals surface area contributed by atoms with Gasteiger partial charge in [-0.3, -0.25) is 10.3 Å². The highest BCUT2D eigenvalue weighted by atomic mass is 19.4. The van der Waals surface area contributed by atoms with E-state index < -0.39 is 17.9 Å². The van der Waals surface area contributed by atoms with Gasteiger partial charge in [-0.25, -0.2) is 0 Å². The van der Waals surface area contributed by atoms with Gasteiger partial charge in [0, 0.05) is 12.6 Å². The third-order valence-corrected chi connectivity index (χ3v) is 4.55.